The van der Waals surface area contributed by atoms with Crippen molar-refractivity contribution in [2.75, 3.05) is 13.6 Å². The van der Waals surface area contributed by atoms with E-state index in [1.54, 1.807) is 12.4 Å². The van der Waals surface area contributed by atoms with E-state index < -0.39 is 0 Å². The number of hydrogen-bond acceptors (Lipinski definition) is 3. The molecule has 0 aliphatic heterocycles. The summed E-state index contributed by atoms with van der Waals surface area (Å²) in [4.78, 5) is 18.6. The van der Waals surface area contributed by atoms with Crippen molar-refractivity contribution in [3.05, 3.63) is 30.1 Å². The van der Waals surface area contributed by atoms with Crippen LogP contribution in [-0.2, 0) is 4.79 Å². The zero-order valence-electron chi connectivity index (χ0n) is 11.8. The molecular weight excluding hydrogens is 238 g/mol. The van der Waals surface area contributed by atoms with E-state index in [4.69, 9.17) is 5.73 Å². The smallest absolute Gasteiger partial charge is 0.230 e. The van der Waals surface area contributed by atoms with Crippen LogP contribution >= 0.6 is 0 Å². The summed E-state index contributed by atoms with van der Waals surface area (Å²) in [5, 5.41) is 0. The fourth-order valence-corrected chi connectivity index (χ4v) is 2.97. The van der Waals surface area contributed by atoms with Gasteiger partial charge in [0.1, 0.15) is 0 Å². The van der Waals surface area contributed by atoms with Gasteiger partial charge in [-0.25, -0.2) is 0 Å². The van der Waals surface area contributed by atoms with E-state index in [-0.39, 0.29) is 17.4 Å². The summed E-state index contributed by atoms with van der Waals surface area (Å²) in [6, 6.07) is 3.97. The number of carbonyl (C=O) groups excluding carboxylic acids is 1. The summed E-state index contributed by atoms with van der Waals surface area (Å²) in [5.41, 5.74) is 6.67. The molecule has 2 N–H and O–H groups in total. The van der Waals surface area contributed by atoms with Gasteiger partial charge in [0.2, 0.25) is 5.91 Å². The molecule has 1 aliphatic rings. The third-order valence-electron chi connectivity index (χ3n) is 4.49. The summed E-state index contributed by atoms with van der Waals surface area (Å²) in [6.07, 6.45) is 7.60. The van der Waals surface area contributed by atoms with Gasteiger partial charge < -0.3 is 10.6 Å². The zero-order chi connectivity index (χ0) is 13.9. The average Bonchev–Trinajstić information content (AvgIpc) is 2.96. The van der Waals surface area contributed by atoms with Crippen LogP contribution in [0.1, 0.15) is 44.2 Å². The van der Waals surface area contributed by atoms with E-state index in [0.29, 0.717) is 6.54 Å². The first-order chi connectivity index (χ1) is 9.10. The van der Waals surface area contributed by atoms with Crippen molar-refractivity contribution < 1.29 is 4.79 Å². The van der Waals surface area contributed by atoms with Gasteiger partial charge in [-0.2, -0.15) is 0 Å². The van der Waals surface area contributed by atoms with Gasteiger partial charge in [-0.05, 0) is 37.5 Å². The highest BCUT2D eigenvalue weighted by Gasteiger charge is 2.42. The molecule has 1 saturated carbocycles. The Morgan fingerprint density at radius 1 is 1.42 bits per heavy atom. The number of rotatable bonds is 4. The Morgan fingerprint density at radius 3 is 2.53 bits per heavy atom. The molecule has 0 aromatic carbocycles. The second-order valence-electron chi connectivity index (χ2n) is 5.56. The Morgan fingerprint density at radius 2 is 2.00 bits per heavy atom. The molecule has 104 valence electrons. The predicted octanol–water partition coefficient (Wildman–Crippen LogP) is 2.12. The Bertz CT molecular complexity index is 426. The topological polar surface area (TPSA) is 59.2 Å². The Kier molecular flexibility index (Phi) is 4.20. The Balaban J connectivity index is 2.15. The highest BCUT2D eigenvalue weighted by Crippen LogP contribution is 2.39. The van der Waals surface area contributed by atoms with Gasteiger partial charge in [0.05, 0.1) is 11.5 Å². The molecule has 1 aliphatic carbocycles. The van der Waals surface area contributed by atoms with E-state index in [0.717, 1.165) is 31.2 Å². The Labute approximate surface area is 115 Å². The van der Waals surface area contributed by atoms with Crippen LogP contribution in [0.5, 0.6) is 0 Å². The van der Waals surface area contributed by atoms with Gasteiger partial charge in [0, 0.05) is 26.0 Å². The second kappa shape index (κ2) is 5.70. The lowest BCUT2D eigenvalue weighted by Gasteiger charge is -2.34. The van der Waals surface area contributed by atoms with Gasteiger partial charge in [-0.15, -0.1) is 0 Å². The number of carbonyl (C=O) groups is 1. The highest BCUT2D eigenvalue weighted by atomic mass is 16.2. The molecule has 1 fully saturated rings. The maximum Gasteiger partial charge on any atom is 0.230 e. The average molecular weight is 261 g/mol. The van der Waals surface area contributed by atoms with E-state index in [2.05, 4.69) is 4.98 Å². The van der Waals surface area contributed by atoms with Crippen molar-refractivity contribution in [2.45, 2.75) is 38.6 Å². The third kappa shape index (κ3) is 2.63. The number of nitrogens with zero attached hydrogens (tertiary/aromatic N) is 2. The minimum atomic E-state index is -0.323. The molecule has 0 spiro atoms. The molecule has 2 rings (SSSR count). The molecule has 1 aromatic heterocycles. The van der Waals surface area contributed by atoms with Gasteiger partial charge in [-0.1, -0.05) is 12.8 Å². The monoisotopic (exact) mass is 261 g/mol. The van der Waals surface area contributed by atoms with Crippen LogP contribution in [0.15, 0.2) is 24.5 Å². The molecule has 19 heavy (non-hydrogen) atoms. The molecule has 4 heteroatoms. The van der Waals surface area contributed by atoms with Crippen molar-refractivity contribution in [3.63, 3.8) is 0 Å². The summed E-state index contributed by atoms with van der Waals surface area (Å²) < 4.78 is 0. The second-order valence-corrected chi connectivity index (χ2v) is 5.56. The number of hydrogen-bond donors (Lipinski definition) is 1. The van der Waals surface area contributed by atoms with Gasteiger partial charge in [0.15, 0.2) is 0 Å². The van der Waals surface area contributed by atoms with E-state index in [1.165, 1.54) is 0 Å². The van der Waals surface area contributed by atoms with Gasteiger partial charge in [-0.3, -0.25) is 9.78 Å². The molecule has 0 radical (unpaired) electrons. The lowest BCUT2D eigenvalue weighted by molar-refractivity contribution is -0.142. The fourth-order valence-electron chi connectivity index (χ4n) is 2.97. The fraction of sp³-hybridized carbons (Fsp3) is 0.600. The number of nitrogens with two attached hydrogens (primary N) is 1. The quantitative estimate of drug-likeness (QED) is 0.903. The summed E-state index contributed by atoms with van der Waals surface area (Å²) in [6.45, 7) is 2.51. The molecule has 0 saturated heterocycles. The summed E-state index contributed by atoms with van der Waals surface area (Å²) >= 11 is 0. The van der Waals surface area contributed by atoms with E-state index in [1.807, 2.05) is 31.0 Å². The predicted molar refractivity (Wildman–Crippen MR) is 75.4 cm³/mol. The standard InChI is InChI=1S/C15H23N3O/c1-12(13-5-9-17-10-6-13)18(2)14(19)15(11-16)7-3-4-8-15/h5-6,9-10,12H,3-4,7-8,11,16H2,1-2H3. The first-order valence-electron chi connectivity index (χ1n) is 6.98. The normalized spacial score (nSPS) is 19.1. The van der Waals surface area contributed by atoms with Crippen molar-refractivity contribution >= 4 is 5.91 Å². The summed E-state index contributed by atoms with van der Waals surface area (Å²) in [7, 11) is 1.88. The minimum absolute atomic E-state index is 0.0551. The van der Waals surface area contributed by atoms with Crippen molar-refractivity contribution in [1.29, 1.82) is 0 Å². The molecule has 1 atom stereocenters. The van der Waals surface area contributed by atoms with Crippen LogP contribution in [0, 0.1) is 5.41 Å². The third-order valence-corrected chi connectivity index (χ3v) is 4.49. The number of aromatic nitrogens is 1. The SMILES string of the molecule is CC(c1ccncc1)N(C)C(=O)C1(CN)CCCC1. The molecule has 0 bridgehead atoms. The van der Waals surface area contributed by atoms with Crippen molar-refractivity contribution in [3.8, 4) is 0 Å². The van der Waals surface area contributed by atoms with Crippen LogP contribution in [0.3, 0.4) is 0 Å². The maximum atomic E-state index is 12.7. The maximum absolute atomic E-state index is 12.7. The molecule has 1 amide bonds. The number of pyridine rings is 1. The zero-order valence-corrected chi connectivity index (χ0v) is 11.8. The number of amides is 1. The molecular formula is C15H23N3O. The van der Waals surface area contributed by atoms with Gasteiger partial charge >= 0.3 is 0 Å². The summed E-state index contributed by atoms with van der Waals surface area (Å²) in [5.74, 6) is 0.191. The van der Waals surface area contributed by atoms with E-state index in [9.17, 15) is 4.79 Å². The van der Waals surface area contributed by atoms with Crippen molar-refractivity contribution in [1.82, 2.24) is 9.88 Å². The molecule has 1 heterocycles. The molecule has 4 nitrogen and oxygen atoms in total. The van der Waals surface area contributed by atoms with Gasteiger partial charge in [0.25, 0.3) is 0 Å². The van der Waals surface area contributed by atoms with Crippen molar-refractivity contribution in [2.24, 2.45) is 11.1 Å². The lowest BCUT2D eigenvalue weighted by Crippen LogP contribution is -2.45. The Hall–Kier alpha value is -1.42. The largest absolute Gasteiger partial charge is 0.338 e. The lowest BCUT2D eigenvalue weighted by atomic mass is 9.84. The van der Waals surface area contributed by atoms with Crippen LogP contribution in [0.25, 0.3) is 0 Å². The van der Waals surface area contributed by atoms with Crippen LogP contribution in [0.4, 0.5) is 0 Å². The first-order valence-corrected chi connectivity index (χ1v) is 6.98. The van der Waals surface area contributed by atoms with Crippen LogP contribution in [0.2, 0.25) is 0 Å². The van der Waals surface area contributed by atoms with Crippen LogP contribution in [-0.4, -0.2) is 29.4 Å². The molecule has 1 unspecified atom stereocenters. The molecule has 1 aromatic rings. The minimum Gasteiger partial charge on any atom is -0.338 e. The highest BCUT2D eigenvalue weighted by molar-refractivity contribution is 5.83. The van der Waals surface area contributed by atoms with Crippen LogP contribution < -0.4 is 5.73 Å². The first kappa shape index (κ1) is 14.0. The van der Waals surface area contributed by atoms with E-state index >= 15 is 0 Å².